The molecule has 0 aliphatic carbocycles. The number of nitrogens with one attached hydrogen (secondary N) is 2. The van der Waals surface area contributed by atoms with E-state index < -0.39 is 22.0 Å². The number of sulfonamides is 1. The topological polar surface area (TPSA) is 134 Å². The SMILES string of the molecule is CCOC(=O)N1CCN(C(=O)c2ccccc2NC(=O)CCNS(=O)(=O)c2ccc(OC)cc2)CC1. The highest BCUT2D eigenvalue weighted by atomic mass is 32.2. The zero-order valence-corrected chi connectivity index (χ0v) is 21.0. The maximum absolute atomic E-state index is 13.1. The van der Waals surface area contributed by atoms with Crippen LogP contribution in [-0.4, -0.2) is 82.6 Å². The molecular weight excluding hydrogens is 488 g/mol. The van der Waals surface area contributed by atoms with Gasteiger partial charge in [0.25, 0.3) is 5.91 Å². The van der Waals surface area contributed by atoms with Gasteiger partial charge in [-0.1, -0.05) is 12.1 Å². The highest BCUT2D eigenvalue weighted by molar-refractivity contribution is 7.89. The smallest absolute Gasteiger partial charge is 0.409 e. The van der Waals surface area contributed by atoms with Crippen molar-refractivity contribution in [3.8, 4) is 5.75 Å². The van der Waals surface area contributed by atoms with Gasteiger partial charge in [0.15, 0.2) is 0 Å². The van der Waals surface area contributed by atoms with Crippen LogP contribution in [0.4, 0.5) is 10.5 Å². The lowest BCUT2D eigenvalue weighted by Gasteiger charge is -2.34. The van der Waals surface area contributed by atoms with Crippen molar-refractivity contribution in [1.82, 2.24) is 14.5 Å². The van der Waals surface area contributed by atoms with Crippen molar-refractivity contribution in [3.05, 3.63) is 54.1 Å². The predicted octanol–water partition coefficient (Wildman–Crippen LogP) is 1.92. The van der Waals surface area contributed by atoms with E-state index in [4.69, 9.17) is 9.47 Å². The Hall–Kier alpha value is -3.64. The molecular formula is C24H30N4O7S. The van der Waals surface area contributed by atoms with Crippen molar-refractivity contribution in [2.24, 2.45) is 0 Å². The Morgan fingerprint density at radius 2 is 1.58 bits per heavy atom. The molecule has 1 aliphatic heterocycles. The number of hydrogen-bond acceptors (Lipinski definition) is 7. The standard InChI is InChI=1S/C24H30N4O7S/c1-3-35-24(31)28-16-14-27(15-17-28)23(30)20-6-4-5-7-21(20)26-22(29)12-13-25-36(32,33)19-10-8-18(34-2)9-11-19/h4-11,25H,3,12-17H2,1-2H3,(H,26,29). The van der Waals surface area contributed by atoms with E-state index in [1.165, 1.54) is 31.4 Å². The van der Waals surface area contributed by atoms with E-state index >= 15 is 0 Å². The van der Waals surface area contributed by atoms with E-state index in [9.17, 15) is 22.8 Å². The van der Waals surface area contributed by atoms with E-state index in [1.807, 2.05) is 0 Å². The van der Waals surface area contributed by atoms with Gasteiger partial charge in [0.05, 0.1) is 29.9 Å². The molecule has 1 fully saturated rings. The number of methoxy groups -OCH3 is 1. The lowest BCUT2D eigenvalue weighted by molar-refractivity contribution is -0.116. The number of carbonyl (C=O) groups is 3. The third kappa shape index (κ3) is 6.95. The largest absolute Gasteiger partial charge is 0.497 e. The van der Waals surface area contributed by atoms with Crippen LogP contribution in [0.2, 0.25) is 0 Å². The Kier molecular flexibility index (Phi) is 9.25. The summed E-state index contributed by atoms with van der Waals surface area (Å²) in [5.41, 5.74) is 0.646. The third-order valence-corrected chi connectivity index (χ3v) is 7.02. The molecule has 1 heterocycles. The minimum Gasteiger partial charge on any atom is -0.497 e. The summed E-state index contributed by atoms with van der Waals surface area (Å²) < 4.78 is 37.3. The lowest BCUT2D eigenvalue weighted by Crippen LogP contribution is -2.50. The van der Waals surface area contributed by atoms with Gasteiger partial charge in [-0.2, -0.15) is 0 Å². The van der Waals surface area contributed by atoms with Crippen molar-refractivity contribution >= 4 is 33.6 Å². The number of benzene rings is 2. The van der Waals surface area contributed by atoms with Crippen molar-refractivity contribution in [2.75, 3.05) is 51.8 Å². The van der Waals surface area contributed by atoms with Gasteiger partial charge < -0.3 is 24.6 Å². The van der Waals surface area contributed by atoms with Crippen LogP contribution in [-0.2, 0) is 19.6 Å². The van der Waals surface area contributed by atoms with Gasteiger partial charge in [-0.15, -0.1) is 0 Å². The zero-order chi connectivity index (χ0) is 26.1. The predicted molar refractivity (Wildman–Crippen MR) is 132 cm³/mol. The van der Waals surface area contributed by atoms with Gasteiger partial charge in [-0.05, 0) is 43.3 Å². The first-order chi connectivity index (χ1) is 17.2. The maximum Gasteiger partial charge on any atom is 0.409 e. The molecule has 2 N–H and O–H groups in total. The molecule has 0 aromatic heterocycles. The first kappa shape index (κ1) is 27.0. The molecule has 11 nitrogen and oxygen atoms in total. The minimum atomic E-state index is -3.79. The molecule has 36 heavy (non-hydrogen) atoms. The maximum atomic E-state index is 13.1. The fraction of sp³-hybridized carbons (Fsp3) is 0.375. The van der Waals surface area contributed by atoms with Crippen molar-refractivity contribution in [1.29, 1.82) is 0 Å². The van der Waals surface area contributed by atoms with E-state index in [2.05, 4.69) is 10.0 Å². The van der Waals surface area contributed by atoms with Crippen molar-refractivity contribution in [2.45, 2.75) is 18.2 Å². The summed E-state index contributed by atoms with van der Waals surface area (Å²) in [6.07, 6.45) is -0.532. The molecule has 2 aromatic carbocycles. The number of piperazine rings is 1. The molecule has 0 saturated carbocycles. The third-order valence-electron chi connectivity index (χ3n) is 5.54. The molecule has 0 bridgehead atoms. The van der Waals surface area contributed by atoms with Crippen LogP contribution in [0, 0.1) is 0 Å². The first-order valence-electron chi connectivity index (χ1n) is 11.5. The molecule has 3 amide bonds. The highest BCUT2D eigenvalue weighted by Crippen LogP contribution is 2.19. The Labute approximate surface area is 210 Å². The second-order valence-electron chi connectivity index (χ2n) is 7.90. The average molecular weight is 519 g/mol. The monoisotopic (exact) mass is 518 g/mol. The minimum absolute atomic E-state index is 0.0581. The van der Waals surface area contributed by atoms with Crippen LogP contribution in [0.25, 0.3) is 0 Å². The Bertz CT molecular complexity index is 1180. The van der Waals surface area contributed by atoms with Crippen LogP contribution < -0.4 is 14.8 Å². The van der Waals surface area contributed by atoms with Crippen LogP contribution in [0.5, 0.6) is 5.75 Å². The van der Waals surface area contributed by atoms with Gasteiger partial charge in [-0.3, -0.25) is 9.59 Å². The average Bonchev–Trinajstić information content (AvgIpc) is 2.88. The number of amides is 3. The first-order valence-corrected chi connectivity index (χ1v) is 13.0. The second kappa shape index (κ2) is 12.4. The second-order valence-corrected chi connectivity index (χ2v) is 9.66. The molecule has 2 aromatic rings. The summed E-state index contributed by atoms with van der Waals surface area (Å²) in [5.74, 6) is -0.183. The molecule has 0 unspecified atom stereocenters. The Morgan fingerprint density at radius 3 is 2.22 bits per heavy atom. The molecule has 0 spiro atoms. The van der Waals surface area contributed by atoms with Crippen molar-refractivity contribution < 1.29 is 32.3 Å². The van der Waals surface area contributed by atoms with Gasteiger partial charge in [0, 0.05) is 39.1 Å². The van der Waals surface area contributed by atoms with Gasteiger partial charge in [-0.25, -0.2) is 17.9 Å². The quantitative estimate of drug-likeness (QED) is 0.518. The van der Waals surface area contributed by atoms with Crippen LogP contribution >= 0.6 is 0 Å². The number of rotatable bonds is 9. The fourth-order valence-electron chi connectivity index (χ4n) is 3.61. The number of carbonyl (C=O) groups excluding carboxylic acids is 3. The Balaban J connectivity index is 1.54. The summed E-state index contributed by atoms with van der Waals surface area (Å²) in [7, 11) is -2.30. The number of hydrogen-bond donors (Lipinski definition) is 2. The Morgan fingerprint density at radius 1 is 0.944 bits per heavy atom. The summed E-state index contributed by atoms with van der Waals surface area (Å²) in [6, 6.07) is 12.5. The molecule has 1 aliphatic rings. The highest BCUT2D eigenvalue weighted by Gasteiger charge is 2.27. The van der Waals surface area contributed by atoms with Crippen LogP contribution in [0.15, 0.2) is 53.4 Å². The summed E-state index contributed by atoms with van der Waals surface area (Å²) >= 11 is 0. The number of nitrogens with zero attached hydrogens (tertiary/aromatic N) is 2. The summed E-state index contributed by atoms with van der Waals surface area (Å²) in [4.78, 5) is 40.7. The number of ether oxygens (including phenoxy) is 2. The van der Waals surface area contributed by atoms with E-state index in [1.54, 1.807) is 41.0 Å². The zero-order valence-electron chi connectivity index (χ0n) is 20.2. The van der Waals surface area contributed by atoms with E-state index in [-0.39, 0.29) is 30.4 Å². The normalized spacial score (nSPS) is 13.7. The molecule has 0 radical (unpaired) electrons. The van der Waals surface area contributed by atoms with Gasteiger partial charge in [0.1, 0.15) is 5.75 Å². The fourth-order valence-corrected chi connectivity index (χ4v) is 4.64. The summed E-state index contributed by atoms with van der Waals surface area (Å²) in [5, 5.41) is 2.69. The molecule has 1 saturated heterocycles. The molecule has 194 valence electrons. The van der Waals surface area contributed by atoms with Crippen LogP contribution in [0.3, 0.4) is 0 Å². The van der Waals surface area contributed by atoms with E-state index in [0.717, 1.165) is 0 Å². The van der Waals surface area contributed by atoms with Crippen molar-refractivity contribution in [3.63, 3.8) is 0 Å². The lowest BCUT2D eigenvalue weighted by atomic mass is 10.1. The molecule has 12 heteroatoms. The van der Waals surface area contributed by atoms with E-state index in [0.29, 0.717) is 43.2 Å². The number of anilines is 1. The van der Waals surface area contributed by atoms with Crippen LogP contribution in [0.1, 0.15) is 23.7 Å². The van der Waals surface area contributed by atoms with Gasteiger partial charge >= 0.3 is 6.09 Å². The number of para-hydroxylation sites is 1. The molecule has 0 atom stereocenters. The van der Waals surface area contributed by atoms with Gasteiger partial charge in [0.2, 0.25) is 15.9 Å². The molecule has 3 rings (SSSR count). The summed E-state index contributed by atoms with van der Waals surface area (Å²) in [6.45, 7) is 3.29.